The molecule has 0 bridgehead atoms. The molecule has 13 nitrogen and oxygen atoms in total. The van der Waals surface area contributed by atoms with Gasteiger partial charge in [-0.05, 0) is 74.1 Å². The SMILES string of the molecule is Cc1ccc(CCO[C@@H]2O[C@H](CC[C@@H]3O[C@@H](C)[C@H](O)[C@@H](O)[C@H]3O)[C@@H](OC(=O)/C=C/c3ccc(O)c(O)c3)[C@H](O)[C@H]2O)cc1O. The van der Waals surface area contributed by atoms with E-state index in [1.54, 1.807) is 26.0 Å². The van der Waals surface area contributed by atoms with Crippen LogP contribution in [0.4, 0.5) is 0 Å². The molecule has 8 N–H and O–H groups in total. The molecule has 0 amide bonds. The number of benzene rings is 2. The third kappa shape index (κ3) is 8.06. The summed E-state index contributed by atoms with van der Waals surface area (Å²) in [6.07, 6.45) is -10.0. The molecule has 10 atom stereocenters. The number of aliphatic hydroxyl groups excluding tert-OH is 5. The predicted molar refractivity (Wildman–Crippen MR) is 153 cm³/mol. The van der Waals surface area contributed by atoms with E-state index in [2.05, 4.69) is 0 Å². The van der Waals surface area contributed by atoms with Crippen LogP contribution in [-0.4, -0.2) is 115 Å². The van der Waals surface area contributed by atoms with Gasteiger partial charge in [0.05, 0.1) is 18.8 Å². The number of carbonyl (C=O) groups is 1. The van der Waals surface area contributed by atoms with Crippen molar-refractivity contribution >= 4 is 12.0 Å². The lowest BCUT2D eigenvalue weighted by atomic mass is 9.90. The van der Waals surface area contributed by atoms with E-state index in [0.29, 0.717) is 17.5 Å². The van der Waals surface area contributed by atoms with Crippen molar-refractivity contribution in [2.75, 3.05) is 6.61 Å². The number of rotatable bonds is 10. The lowest BCUT2D eigenvalue weighted by Crippen LogP contribution is -2.60. The Morgan fingerprint density at radius 2 is 1.55 bits per heavy atom. The van der Waals surface area contributed by atoms with Crippen molar-refractivity contribution in [3.63, 3.8) is 0 Å². The first-order chi connectivity index (χ1) is 20.8. The minimum atomic E-state index is -1.64. The van der Waals surface area contributed by atoms with E-state index in [0.717, 1.165) is 11.6 Å². The maximum atomic E-state index is 12.7. The summed E-state index contributed by atoms with van der Waals surface area (Å²) in [6, 6.07) is 9.09. The largest absolute Gasteiger partial charge is 0.508 e. The zero-order valence-electron chi connectivity index (χ0n) is 24.3. The van der Waals surface area contributed by atoms with Gasteiger partial charge in [-0.3, -0.25) is 0 Å². The second-order valence-electron chi connectivity index (χ2n) is 11.2. The van der Waals surface area contributed by atoms with Crippen molar-refractivity contribution < 1.29 is 64.6 Å². The average Bonchev–Trinajstić information content (AvgIpc) is 2.99. The van der Waals surface area contributed by atoms with Gasteiger partial charge in [-0.15, -0.1) is 0 Å². The minimum absolute atomic E-state index is 0.0280. The zero-order valence-corrected chi connectivity index (χ0v) is 24.3. The molecular formula is C31H40O13. The number of hydrogen-bond donors (Lipinski definition) is 8. The number of aryl methyl sites for hydroxylation is 1. The molecule has 0 saturated carbocycles. The van der Waals surface area contributed by atoms with Gasteiger partial charge in [-0.2, -0.15) is 0 Å². The van der Waals surface area contributed by atoms with E-state index >= 15 is 0 Å². The molecule has 0 aromatic heterocycles. The predicted octanol–water partition coefficient (Wildman–Crippen LogP) is 0.393. The molecule has 2 aromatic carbocycles. The molecule has 0 aliphatic carbocycles. The van der Waals surface area contributed by atoms with Crippen LogP contribution in [-0.2, 0) is 30.2 Å². The van der Waals surface area contributed by atoms with E-state index in [9.17, 15) is 45.6 Å². The Morgan fingerprint density at radius 1 is 0.818 bits per heavy atom. The van der Waals surface area contributed by atoms with Crippen molar-refractivity contribution in [1.82, 2.24) is 0 Å². The van der Waals surface area contributed by atoms with E-state index in [-0.39, 0.29) is 36.7 Å². The highest BCUT2D eigenvalue weighted by Gasteiger charge is 2.48. The summed E-state index contributed by atoms with van der Waals surface area (Å²) in [4.78, 5) is 12.7. The summed E-state index contributed by atoms with van der Waals surface area (Å²) in [7, 11) is 0. The first kappa shape index (κ1) is 33.6. The summed E-state index contributed by atoms with van der Waals surface area (Å²) in [5, 5.41) is 81.6. The molecule has 4 rings (SSSR count). The first-order valence-electron chi connectivity index (χ1n) is 14.4. The van der Waals surface area contributed by atoms with Crippen LogP contribution in [0, 0.1) is 6.92 Å². The highest BCUT2D eigenvalue weighted by molar-refractivity contribution is 5.87. The summed E-state index contributed by atoms with van der Waals surface area (Å²) >= 11 is 0. The van der Waals surface area contributed by atoms with Crippen molar-refractivity contribution in [2.45, 2.75) is 94.3 Å². The smallest absolute Gasteiger partial charge is 0.331 e. The first-order valence-corrected chi connectivity index (χ1v) is 14.4. The lowest BCUT2D eigenvalue weighted by molar-refractivity contribution is -0.301. The summed E-state index contributed by atoms with van der Waals surface area (Å²) in [5.41, 5.74) is 1.86. The summed E-state index contributed by atoms with van der Waals surface area (Å²) in [5.74, 6) is -1.49. The maximum absolute atomic E-state index is 12.7. The number of phenols is 3. The molecule has 0 spiro atoms. The lowest BCUT2D eigenvalue weighted by Gasteiger charge is -2.43. The van der Waals surface area contributed by atoms with E-state index in [4.69, 9.17) is 18.9 Å². The number of aromatic hydroxyl groups is 3. The van der Waals surface area contributed by atoms with Gasteiger partial charge >= 0.3 is 5.97 Å². The number of carbonyl (C=O) groups excluding carboxylic acids is 1. The quantitative estimate of drug-likeness (QED) is 0.103. The van der Waals surface area contributed by atoms with Gasteiger partial charge in [0.25, 0.3) is 0 Å². The normalized spacial score (nSPS) is 32.5. The molecule has 2 saturated heterocycles. The van der Waals surface area contributed by atoms with Crippen LogP contribution in [0.5, 0.6) is 17.2 Å². The molecule has 242 valence electrons. The van der Waals surface area contributed by atoms with Crippen LogP contribution in [0.25, 0.3) is 6.08 Å². The molecule has 2 heterocycles. The Bertz CT molecular complexity index is 1300. The standard InChI is InChI=1S/C31H40O13/c1-15-3-4-18(13-20(15)33)11-12-41-31-29(40)28(39)30(44-24(35)10-6-17-5-7-19(32)21(34)14-17)23(43-31)9-8-22-26(37)27(38)25(36)16(2)42-22/h3-7,10,13-14,16,22-23,25-34,36-40H,8-9,11-12H2,1-2H3/b10-6+/t16-,22-,23+,25-,26-,27+,28+,29+,30+,31+/m0/s1. The highest BCUT2D eigenvalue weighted by atomic mass is 16.7. The Labute approximate surface area is 254 Å². The molecule has 2 aliphatic heterocycles. The zero-order chi connectivity index (χ0) is 32.1. The van der Waals surface area contributed by atoms with E-state index in [1.807, 2.05) is 6.07 Å². The van der Waals surface area contributed by atoms with Crippen molar-refractivity contribution in [3.05, 3.63) is 59.2 Å². The fraction of sp³-hybridized carbons (Fsp3) is 0.516. The summed E-state index contributed by atoms with van der Waals surface area (Å²) < 4.78 is 22.9. The molecule has 0 radical (unpaired) electrons. The number of phenolic OH excluding ortho intramolecular Hbond substituents is 3. The fourth-order valence-electron chi connectivity index (χ4n) is 5.21. The van der Waals surface area contributed by atoms with Gasteiger partial charge < -0.3 is 59.8 Å². The third-order valence-corrected chi connectivity index (χ3v) is 7.94. The van der Waals surface area contributed by atoms with Gasteiger partial charge in [-0.25, -0.2) is 4.79 Å². The third-order valence-electron chi connectivity index (χ3n) is 7.94. The molecule has 0 unspecified atom stereocenters. The second kappa shape index (κ2) is 14.7. The van der Waals surface area contributed by atoms with Crippen LogP contribution in [0.15, 0.2) is 42.5 Å². The monoisotopic (exact) mass is 620 g/mol. The Kier molecular flexibility index (Phi) is 11.2. The Hall–Kier alpha value is -3.27. The van der Waals surface area contributed by atoms with Gasteiger partial charge in [0, 0.05) is 6.08 Å². The maximum Gasteiger partial charge on any atom is 0.331 e. The van der Waals surface area contributed by atoms with Crippen LogP contribution in [0.1, 0.15) is 36.5 Å². The van der Waals surface area contributed by atoms with E-state index < -0.39 is 67.2 Å². The van der Waals surface area contributed by atoms with Crippen LogP contribution >= 0.6 is 0 Å². The Morgan fingerprint density at radius 3 is 2.25 bits per heavy atom. The molecule has 2 aromatic rings. The number of ether oxygens (including phenoxy) is 4. The van der Waals surface area contributed by atoms with Crippen LogP contribution in [0.2, 0.25) is 0 Å². The number of esters is 1. The number of aliphatic hydroxyl groups is 5. The van der Waals surface area contributed by atoms with Crippen molar-refractivity contribution in [2.24, 2.45) is 0 Å². The van der Waals surface area contributed by atoms with Crippen molar-refractivity contribution in [3.8, 4) is 17.2 Å². The van der Waals surface area contributed by atoms with E-state index in [1.165, 1.54) is 24.3 Å². The van der Waals surface area contributed by atoms with Crippen molar-refractivity contribution in [1.29, 1.82) is 0 Å². The average molecular weight is 621 g/mol. The Balaban J connectivity index is 1.45. The molecular weight excluding hydrogens is 580 g/mol. The number of hydrogen-bond acceptors (Lipinski definition) is 13. The topological polar surface area (TPSA) is 216 Å². The fourth-order valence-corrected chi connectivity index (χ4v) is 5.21. The molecule has 13 heteroatoms. The molecule has 2 aliphatic rings. The van der Waals surface area contributed by atoms with Gasteiger partial charge in [0.15, 0.2) is 23.9 Å². The highest BCUT2D eigenvalue weighted by Crippen LogP contribution is 2.31. The van der Waals surface area contributed by atoms with Gasteiger partial charge in [0.2, 0.25) is 0 Å². The second-order valence-corrected chi connectivity index (χ2v) is 11.2. The van der Waals surface area contributed by atoms with Gasteiger partial charge in [0.1, 0.15) is 42.4 Å². The molecule has 44 heavy (non-hydrogen) atoms. The van der Waals surface area contributed by atoms with Crippen LogP contribution < -0.4 is 0 Å². The minimum Gasteiger partial charge on any atom is -0.508 e. The van der Waals surface area contributed by atoms with Gasteiger partial charge in [-0.1, -0.05) is 18.2 Å². The molecule has 2 fully saturated rings. The van der Waals surface area contributed by atoms with Crippen LogP contribution in [0.3, 0.4) is 0 Å². The summed E-state index contributed by atoms with van der Waals surface area (Å²) in [6.45, 7) is 3.37.